The van der Waals surface area contributed by atoms with E-state index in [1.165, 1.54) is 16.7 Å². The summed E-state index contributed by atoms with van der Waals surface area (Å²) in [5.74, 6) is 0. The van der Waals surface area contributed by atoms with Gasteiger partial charge in [0.05, 0.1) is 18.2 Å². The van der Waals surface area contributed by atoms with E-state index in [0.29, 0.717) is 0 Å². The van der Waals surface area contributed by atoms with Gasteiger partial charge in [-0.15, -0.1) is 0 Å². The van der Waals surface area contributed by atoms with Crippen molar-refractivity contribution >= 4 is 8.45 Å². The van der Waals surface area contributed by atoms with Crippen molar-refractivity contribution in [2.75, 3.05) is 14.1 Å². The van der Waals surface area contributed by atoms with Crippen LogP contribution >= 0.6 is 8.45 Å². The molecule has 0 aromatic heterocycles. The maximum atomic E-state index is 6.64. The second-order valence-corrected chi connectivity index (χ2v) is 9.25. The summed E-state index contributed by atoms with van der Waals surface area (Å²) in [7, 11) is 3.50. The first-order valence-electron chi connectivity index (χ1n) is 9.74. The lowest BCUT2D eigenvalue weighted by molar-refractivity contribution is 0.223. The highest BCUT2D eigenvalue weighted by Crippen LogP contribution is 2.64. The Labute approximate surface area is 169 Å². The summed E-state index contributed by atoms with van der Waals surface area (Å²) in [6.45, 7) is 2.15. The molecule has 4 heteroatoms. The second kappa shape index (κ2) is 8.55. The summed E-state index contributed by atoms with van der Waals surface area (Å²) in [4.78, 5) is 0. The molecular weight excluding hydrogens is 363 g/mol. The molecule has 0 aliphatic carbocycles. The molecule has 1 saturated heterocycles. The van der Waals surface area contributed by atoms with Crippen molar-refractivity contribution in [3.8, 4) is 0 Å². The summed E-state index contributed by atoms with van der Waals surface area (Å²) in [6.07, 6.45) is 0.0446. The zero-order valence-corrected chi connectivity index (χ0v) is 17.5. The maximum Gasteiger partial charge on any atom is 0.189 e. The first-order chi connectivity index (χ1) is 13.7. The van der Waals surface area contributed by atoms with Gasteiger partial charge in [0.15, 0.2) is 8.45 Å². The van der Waals surface area contributed by atoms with Crippen molar-refractivity contribution in [1.82, 2.24) is 9.34 Å². The van der Waals surface area contributed by atoms with E-state index in [-0.39, 0.29) is 18.2 Å². The van der Waals surface area contributed by atoms with Gasteiger partial charge >= 0.3 is 0 Å². The van der Waals surface area contributed by atoms with E-state index >= 15 is 0 Å². The molecule has 0 bridgehead atoms. The quantitative estimate of drug-likeness (QED) is 0.472. The van der Waals surface area contributed by atoms with Crippen molar-refractivity contribution < 1.29 is 4.52 Å². The third-order valence-corrected chi connectivity index (χ3v) is 7.53. The molecule has 1 heterocycles. The van der Waals surface area contributed by atoms with Gasteiger partial charge in [-0.2, -0.15) is 0 Å². The van der Waals surface area contributed by atoms with E-state index in [1.54, 1.807) is 0 Å². The van der Waals surface area contributed by atoms with Crippen molar-refractivity contribution in [3.63, 3.8) is 0 Å². The zero-order chi connectivity index (χ0) is 19.5. The van der Waals surface area contributed by atoms with Crippen molar-refractivity contribution in [3.05, 3.63) is 108 Å². The summed E-state index contributed by atoms with van der Waals surface area (Å²) < 4.78 is 11.5. The molecule has 0 saturated carbocycles. The minimum Gasteiger partial charge on any atom is -0.323 e. The number of rotatable bonds is 5. The monoisotopic (exact) mass is 390 g/mol. The molecule has 0 radical (unpaired) electrons. The molecule has 4 rings (SSSR count). The second-order valence-electron chi connectivity index (χ2n) is 7.27. The van der Waals surface area contributed by atoms with Gasteiger partial charge in [0.1, 0.15) is 0 Å². The Kier molecular flexibility index (Phi) is 5.89. The molecule has 1 aliphatic rings. The van der Waals surface area contributed by atoms with Crippen molar-refractivity contribution in [2.45, 2.75) is 25.1 Å². The number of benzene rings is 3. The number of hydrogen-bond acceptors (Lipinski definition) is 3. The topological polar surface area (TPSA) is 15.7 Å². The molecule has 3 atom stereocenters. The van der Waals surface area contributed by atoms with Crippen LogP contribution in [0.1, 0.15) is 41.8 Å². The fourth-order valence-electron chi connectivity index (χ4n) is 4.02. The molecule has 1 fully saturated rings. The summed E-state index contributed by atoms with van der Waals surface area (Å²) in [6, 6.07) is 32.5. The van der Waals surface area contributed by atoms with Gasteiger partial charge in [-0.25, -0.2) is 9.34 Å². The third-order valence-electron chi connectivity index (χ3n) is 5.45. The van der Waals surface area contributed by atoms with Crippen LogP contribution in [0.5, 0.6) is 0 Å². The molecule has 3 aromatic rings. The first kappa shape index (κ1) is 19.3. The average Bonchev–Trinajstić information content (AvgIpc) is 3.00. The summed E-state index contributed by atoms with van der Waals surface area (Å²) in [5, 5.41) is 0. The average molecular weight is 390 g/mol. The molecule has 3 nitrogen and oxygen atoms in total. The predicted octanol–water partition coefficient (Wildman–Crippen LogP) is 6.35. The number of likely N-dealkylation sites (N-methyl/N-ethyl adjacent to an activating group) is 2. The highest BCUT2D eigenvalue weighted by atomic mass is 31.2. The normalized spacial score (nSPS) is 22.4. The Bertz CT molecular complexity index is 823. The Morgan fingerprint density at radius 1 is 0.679 bits per heavy atom. The maximum absolute atomic E-state index is 6.64. The highest BCUT2D eigenvalue weighted by molar-refractivity contribution is 7.47. The minimum absolute atomic E-state index is 0.0446. The molecule has 144 valence electrons. The molecule has 1 unspecified atom stereocenters. The van der Waals surface area contributed by atoms with E-state index in [0.717, 1.165) is 0 Å². The van der Waals surface area contributed by atoms with Crippen LogP contribution in [-0.4, -0.2) is 23.4 Å². The van der Waals surface area contributed by atoms with E-state index in [2.05, 4.69) is 115 Å². The van der Waals surface area contributed by atoms with Crippen LogP contribution in [0.2, 0.25) is 0 Å². The molecule has 0 amide bonds. The summed E-state index contributed by atoms with van der Waals surface area (Å²) in [5.41, 5.74) is 3.87. The molecule has 1 aliphatic heterocycles. The number of nitrogens with zero attached hydrogens (tertiary/aromatic N) is 2. The minimum atomic E-state index is -0.890. The third kappa shape index (κ3) is 3.76. The Morgan fingerprint density at radius 2 is 1.07 bits per heavy atom. The predicted molar refractivity (Wildman–Crippen MR) is 117 cm³/mol. The molecule has 28 heavy (non-hydrogen) atoms. The van der Waals surface area contributed by atoms with Crippen LogP contribution in [0, 0.1) is 0 Å². The Morgan fingerprint density at radius 3 is 1.50 bits per heavy atom. The van der Waals surface area contributed by atoms with Crippen LogP contribution in [0.15, 0.2) is 91.0 Å². The summed E-state index contributed by atoms with van der Waals surface area (Å²) >= 11 is 0. The molecule has 0 spiro atoms. The van der Waals surface area contributed by atoms with Gasteiger partial charge in [-0.1, -0.05) is 91.0 Å². The van der Waals surface area contributed by atoms with E-state index in [9.17, 15) is 0 Å². The van der Waals surface area contributed by atoms with Gasteiger partial charge in [0.25, 0.3) is 0 Å². The molecule has 3 aromatic carbocycles. The molecule has 0 N–H and O–H groups in total. The largest absolute Gasteiger partial charge is 0.323 e. The van der Waals surface area contributed by atoms with Crippen LogP contribution < -0.4 is 0 Å². The van der Waals surface area contributed by atoms with Gasteiger partial charge in [-0.05, 0) is 37.7 Å². The lowest BCUT2D eigenvalue weighted by atomic mass is 9.93. The molecular formula is C24H27N2OP. The Hall–Kier alpha value is -2.03. The van der Waals surface area contributed by atoms with Crippen LogP contribution in [-0.2, 0) is 4.52 Å². The lowest BCUT2D eigenvalue weighted by Gasteiger charge is -2.28. The van der Waals surface area contributed by atoms with Gasteiger partial charge < -0.3 is 4.52 Å². The first-order valence-corrected chi connectivity index (χ1v) is 10.9. The van der Waals surface area contributed by atoms with Crippen LogP contribution in [0.4, 0.5) is 0 Å². The Balaban J connectivity index is 1.67. The smallest absolute Gasteiger partial charge is 0.189 e. The van der Waals surface area contributed by atoms with Gasteiger partial charge in [-0.3, -0.25) is 0 Å². The fraction of sp³-hybridized carbons (Fsp3) is 0.250. The van der Waals surface area contributed by atoms with Gasteiger partial charge in [0.2, 0.25) is 0 Å². The van der Waals surface area contributed by atoms with E-state index < -0.39 is 8.45 Å². The van der Waals surface area contributed by atoms with Crippen LogP contribution in [0.3, 0.4) is 0 Å². The van der Waals surface area contributed by atoms with E-state index in [1.807, 2.05) is 6.07 Å². The number of hydrogen-bond donors (Lipinski definition) is 0. The highest BCUT2D eigenvalue weighted by Gasteiger charge is 2.46. The van der Waals surface area contributed by atoms with Crippen molar-refractivity contribution in [1.29, 1.82) is 0 Å². The lowest BCUT2D eigenvalue weighted by Crippen LogP contribution is -2.20. The van der Waals surface area contributed by atoms with E-state index in [4.69, 9.17) is 4.52 Å². The zero-order valence-electron chi connectivity index (χ0n) is 16.6. The fourth-order valence-corrected chi connectivity index (χ4v) is 6.11. The van der Waals surface area contributed by atoms with Crippen molar-refractivity contribution in [2.24, 2.45) is 0 Å². The standard InChI is InChI=1S/C24H27N2OP/c1-19(20-13-7-4-8-14-20)27-28-25(2)23(21-15-9-5-10-16-21)24(26(28)3)22-17-11-6-12-18-22/h4-19,23-24H,1-3H3/t19?,23-,24-/m1/s1. The van der Waals surface area contributed by atoms with Crippen LogP contribution in [0.25, 0.3) is 0 Å². The van der Waals surface area contributed by atoms with Gasteiger partial charge in [0, 0.05) is 0 Å². The SMILES string of the molecule is CC(OP1N(C)[C@H](c2ccccc2)[C@@H](c2ccccc2)N1C)c1ccccc1.